The van der Waals surface area contributed by atoms with Crippen molar-refractivity contribution in [2.24, 2.45) is 0 Å². The van der Waals surface area contributed by atoms with Gasteiger partial charge in [0.05, 0.1) is 0 Å². The second-order valence-electron chi connectivity index (χ2n) is 5.65. The average Bonchev–Trinajstić information content (AvgIpc) is 2.61. The Bertz CT molecular complexity index is 873. The third kappa shape index (κ3) is 4.43. The summed E-state index contributed by atoms with van der Waals surface area (Å²) in [5, 5.41) is 18.6. The van der Waals surface area contributed by atoms with E-state index in [1.165, 1.54) is 25.7 Å². The lowest BCUT2D eigenvalue weighted by atomic mass is 9.97. The van der Waals surface area contributed by atoms with Crippen molar-refractivity contribution in [2.45, 2.75) is 37.5 Å². The number of nitriles is 2. The Morgan fingerprint density at radius 3 is 2.36 bits per heavy atom. The highest BCUT2D eigenvalue weighted by molar-refractivity contribution is 7.99. The molecule has 1 aromatic heterocycles. The molecule has 128 valence electrons. The maximum absolute atomic E-state index is 12.0. The van der Waals surface area contributed by atoms with E-state index in [1.807, 2.05) is 36.4 Å². The van der Waals surface area contributed by atoms with Gasteiger partial charge in [0.25, 0.3) is 5.56 Å². The molecule has 0 aliphatic carbocycles. The molecule has 0 amide bonds. The van der Waals surface area contributed by atoms with Gasteiger partial charge >= 0.3 is 0 Å². The number of thioether (sulfide) groups is 1. The Labute approximate surface area is 151 Å². The summed E-state index contributed by atoms with van der Waals surface area (Å²) in [7, 11) is 0. The third-order valence-corrected chi connectivity index (χ3v) is 4.98. The minimum absolute atomic E-state index is 0.0177. The van der Waals surface area contributed by atoms with E-state index in [1.54, 1.807) is 11.8 Å². The van der Waals surface area contributed by atoms with Gasteiger partial charge in [0.2, 0.25) is 0 Å². The van der Waals surface area contributed by atoms with Crippen LogP contribution in [0.25, 0.3) is 11.1 Å². The van der Waals surface area contributed by atoms with Crippen molar-refractivity contribution < 1.29 is 0 Å². The zero-order valence-electron chi connectivity index (χ0n) is 14.1. The number of aromatic nitrogens is 1. The van der Waals surface area contributed by atoms with E-state index < -0.39 is 5.56 Å². The summed E-state index contributed by atoms with van der Waals surface area (Å²) in [6.07, 6.45) is 4.91. The molecular weight excluding hydrogens is 332 g/mol. The van der Waals surface area contributed by atoms with E-state index in [0.717, 1.165) is 10.6 Å². The first kappa shape index (κ1) is 18.6. The van der Waals surface area contributed by atoms with Gasteiger partial charge in [0.1, 0.15) is 29.1 Å². The summed E-state index contributed by atoms with van der Waals surface area (Å²) >= 11 is 1.78. The van der Waals surface area contributed by atoms with E-state index in [4.69, 9.17) is 5.73 Å². The van der Waals surface area contributed by atoms with Crippen molar-refractivity contribution >= 4 is 17.6 Å². The number of anilines is 1. The highest BCUT2D eigenvalue weighted by Crippen LogP contribution is 2.30. The number of hydrogen-bond donors (Lipinski definition) is 2. The van der Waals surface area contributed by atoms with Crippen LogP contribution < -0.4 is 11.3 Å². The summed E-state index contributed by atoms with van der Waals surface area (Å²) in [5.74, 6) is 1.04. The van der Waals surface area contributed by atoms with E-state index in [-0.39, 0.29) is 16.9 Å². The SMILES string of the molecule is CCCCCCSc1ccc(-c2c(C#N)c(N)[nH]c(=O)c2C#N)cc1. The summed E-state index contributed by atoms with van der Waals surface area (Å²) < 4.78 is 0. The molecule has 2 aromatic rings. The third-order valence-electron chi connectivity index (χ3n) is 3.88. The Kier molecular flexibility index (Phi) is 6.68. The predicted molar refractivity (Wildman–Crippen MR) is 101 cm³/mol. The topological polar surface area (TPSA) is 106 Å². The number of nitrogens with two attached hydrogens (primary N) is 1. The predicted octanol–water partition coefficient (Wildman–Crippen LogP) is 4.04. The molecule has 6 heteroatoms. The van der Waals surface area contributed by atoms with Crippen LogP contribution in [0, 0.1) is 22.7 Å². The fourth-order valence-electron chi connectivity index (χ4n) is 2.57. The molecule has 0 spiro atoms. The standard InChI is InChI=1S/C19H20N4OS/c1-2-3-4-5-10-25-14-8-6-13(7-9-14)17-15(11-20)18(22)23-19(24)16(17)12-21/h6-9H,2-5,10H2,1H3,(H3,22,23,24). The van der Waals surface area contributed by atoms with Crippen LogP contribution in [0.4, 0.5) is 5.82 Å². The highest BCUT2D eigenvalue weighted by Gasteiger charge is 2.17. The molecule has 1 heterocycles. The van der Waals surface area contributed by atoms with E-state index >= 15 is 0 Å². The first-order valence-electron chi connectivity index (χ1n) is 8.21. The van der Waals surface area contributed by atoms with Crippen LogP contribution in [0.15, 0.2) is 34.0 Å². The first-order chi connectivity index (χ1) is 12.1. The normalized spacial score (nSPS) is 10.2. The number of nitrogen functional groups attached to an aromatic ring is 1. The lowest BCUT2D eigenvalue weighted by Crippen LogP contribution is -2.16. The number of H-pyrrole nitrogens is 1. The van der Waals surface area contributed by atoms with E-state index in [2.05, 4.69) is 11.9 Å². The van der Waals surface area contributed by atoms with Crippen LogP contribution in [-0.4, -0.2) is 10.7 Å². The van der Waals surface area contributed by atoms with Gasteiger partial charge in [-0.15, -0.1) is 11.8 Å². The van der Waals surface area contributed by atoms with E-state index in [0.29, 0.717) is 11.1 Å². The highest BCUT2D eigenvalue weighted by atomic mass is 32.2. The number of nitrogens with zero attached hydrogens (tertiary/aromatic N) is 2. The Hall–Kier alpha value is -2.70. The Morgan fingerprint density at radius 1 is 1.08 bits per heavy atom. The zero-order valence-corrected chi connectivity index (χ0v) is 14.9. The molecule has 0 unspecified atom stereocenters. The fourth-order valence-corrected chi connectivity index (χ4v) is 3.48. The molecule has 0 fully saturated rings. The van der Waals surface area contributed by atoms with Gasteiger partial charge in [-0.2, -0.15) is 10.5 Å². The van der Waals surface area contributed by atoms with Crippen LogP contribution in [0.2, 0.25) is 0 Å². The number of hydrogen-bond acceptors (Lipinski definition) is 5. The Morgan fingerprint density at radius 2 is 1.76 bits per heavy atom. The van der Waals surface area contributed by atoms with Gasteiger partial charge in [-0.3, -0.25) is 4.79 Å². The van der Waals surface area contributed by atoms with Crippen LogP contribution in [-0.2, 0) is 0 Å². The van der Waals surface area contributed by atoms with Crippen molar-refractivity contribution in [3.63, 3.8) is 0 Å². The number of rotatable bonds is 7. The van der Waals surface area contributed by atoms with Crippen molar-refractivity contribution in [1.29, 1.82) is 10.5 Å². The van der Waals surface area contributed by atoms with Gasteiger partial charge in [0, 0.05) is 10.5 Å². The van der Waals surface area contributed by atoms with Crippen LogP contribution in [0.1, 0.15) is 43.7 Å². The molecule has 0 aliphatic rings. The molecule has 0 bridgehead atoms. The van der Waals surface area contributed by atoms with Gasteiger partial charge in [-0.25, -0.2) is 0 Å². The second kappa shape index (κ2) is 8.96. The number of benzene rings is 1. The summed E-state index contributed by atoms with van der Waals surface area (Å²) in [6.45, 7) is 2.19. The van der Waals surface area contributed by atoms with Gasteiger partial charge in [0.15, 0.2) is 0 Å². The second-order valence-corrected chi connectivity index (χ2v) is 6.82. The van der Waals surface area contributed by atoms with Crippen molar-refractivity contribution in [2.75, 3.05) is 11.5 Å². The number of aromatic amines is 1. The first-order valence-corrected chi connectivity index (χ1v) is 9.20. The smallest absolute Gasteiger partial charge is 0.268 e. The summed E-state index contributed by atoms with van der Waals surface area (Å²) in [5.41, 5.74) is 6.12. The lowest BCUT2D eigenvalue weighted by Gasteiger charge is -2.09. The number of unbranched alkanes of at least 4 members (excludes halogenated alkanes) is 3. The number of nitrogens with one attached hydrogen (secondary N) is 1. The maximum Gasteiger partial charge on any atom is 0.268 e. The molecule has 25 heavy (non-hydrogen) atoms. The molecule has 5 nitrogen and oxygen atoms in total. The molecule has 0 atom stereocenters. The van der Waals surface area contributed by atoms with Crippen LogP contribution in [0.3, 0.4) is 0 Å². The zero-order chi connectivity index (χ0) is 18.2. The van der Waals surface area contributed by atoms with Crippen molar-refractivity contribution in [1.82, 2.24) is 4.98 Å². The molecule has 0 radical (unpaired) electrons. The van der Waals surface area contributed by atoms with Gasteiger partial charge < -0.3 is 10.7 Å². The number of pyridine rings is 1. The van der Waals surface area contributed by atoms with Gasteiger partial charge in [-0.05, 0) is 29.9 Å². The molecule has 2 rings (SSSR count). The quantitative estimate of drug-likeness (QED) is 0.578. The Balaban J connectivity index is 2.27. The molecular formula is C19H20N4OS. The molecule has 0 saturated carbocycles. The summed E-state index contributed by atoms with van der Waals surface area (Å²) in [4.78, 5) is 15.4. The molecule has 0 aliphatic heterocycles. The minimum Gasteiger partial charge on any atom is -0.384 e. The largest absolute Gasteiger partial charge is 0.384 e. The monoisotopic (exact) mass is 352 g/mol. The molecule has 3 N–H and O–H groups in total. The van der Waals surface area contributed by atoms with Crippen LogP contribution in [0.5, 0.6) is 0 Å². The lowest BCUT2D eigenvalue weighted by molar-refractivity contribution is 0.706. The van der Waals surface area contributed by atoms with Gasteiger partial charge in [-0.1, -0.05) is 38.3 Å². The van der Waals surface area contributed by atoms with Crippen molar-refractivity contribution in [3.05, 3.63) is 45.7 Å². The van der Waals surface area contributed by atoms with E-state index in [9.17, 15) is 15.3 Å². The molecule has 0 saturated heterocycles. The molecule has 1 aromatic carbocycles. The summed E-state index contributed by atoms with van der Waals surface area (Å²) in [6, 6.07) is 11.4. The average molecular weight is 352 g/mol. The van der Waals surface area contributed by atoms with Crippen molar-refractivity contribution in [3.8, 4) is 23.3 Å². The maximum atomic E-state index is 12.0. The van der Waals surface area contributed by atoms with Crippen LogP contribution >= 0.6 is 11.8 Å². The minimum atomic E-state index is -0.580. The fraction of sp³-hybridized carbons (Fsp3) is 0.316.